The lowest BCUT2D eigenvalue weighted by Crippen LogP contribution is -2.34. The minimum atomic E-state index is -0.736. The quantitative estimate of drug-likeness (QED) is 0.839. The van der Waals surface area contributed by atoms with E-state index in [1.165, 1.54) is 41.1 Å². The number of carbonyl (C=O) groups excluding carboxylic acids is 2. The third-order valence-electron chi connectivity index (χ3n) is 4.42. The molecule has 1 saturated heterocycles. The van der Waals surface area contributed by atoms with E-state index in [2.05, 4.69) is 0 Å². The summed E-state index contributed by atoms with van der Waals surface area (Å²) in [5.41, 5.74) is 0.317. The fraction of sp³-hybridized carbons (Fsp3) is 0.263. The number of rotatable bonds is 4. The summed E-state index contributed by atoms with van der Waals surface area (Å²) in [7, 11) is 1.49. The first-order valence-electron chi connectivity index (χ1n) is 8.10. The van der Waals surface area contributed by atoms with Crippen LogP contribution in [0.4, 0.5) is 18.9 Å². The van der Waals surface area contributed by atoms with Crippen LogP contribution in [0.3, 0.4) is 0 Å². The van der Waals surface area contributed by atoms with E-state index in [9.17, 15) is 22.8 Å². The van der Waals surface area contributed by atoms with Crippen molar-refractivity contribution in [3.05, 3.63) is 65.5 Å². The Balaban J connectivity index is 1.70. The summed E-state index contributed by atoms with van der Waals surface area (Å²) in [6.07, 6.45) is -0.0383. The summed E-state index contributed by atoms with van der Waals surface area (Å²) in [6, 6.07) is 9.03. The molecule has 0 aromatic heterocycles. The number of para-hydroxylation sites is 1. The van der Waals surface area contributed by atoms with Gasteiger partial charge in [-0.25, -0.2) is 13.2 Å². The van der Waals surface area contributed by atoms with Crippen LogP contribution < -0.4 is 4.90 Å². The molecular formula is C19H17F3N2O2. The summed E-state index contributed by atoms with van der Waals surface area (Å²) in [5.74, 6) is -3.29. The lowest BCUT2D eigenvalue weighted by atomic mass is 10.1. The Morgan fingerprint density at radius 3 is 2.58 bits per heavy atom. The van der Waals surface area contributed by atoms with E-state index in [4.69, 9.17) is 0 Å². The SMILES string of the molecule is CN(Cc1ccc(F)cc1F)C(=O)C1CC(=O)N(c2ccccc2F)C1. The second-order valence-electron chi connectivity index (χ2n) is 6.29. The highest BCUT2D eigenvalue weighted by molar-refractivity contribution is 6.00. The zero-order valence-electron chi connectivity index (χ0n) is 14.1. The average Bonchev–Trinajstić information content (AvgIpc) is 2.98. The first kappa shape index (κ1) is 18.0. The van der Waals surface area contributed by atoms with Gasteiger partial charge in [0.25, 0.3) is 0 Å². The molecule has 2 aromatic rings. The number of halogens is 3. The van der Waals surface area contributed by atoms with Crippen LogP contribution in [0, 0.1) is 23.4 Å². The molecule has 0 radical (unpaired) electrons. The third kappa shape index (κ3) is 3.56. The van der Waals surface area contributed by atoms with Crippen molar-refractivity contribution in [3.63, 3.8) is 0 Å². The highest BCUT2D eigenvalue weighted by atomic mass is 19.1. The molecule has 0 spiro atoms. The largest absolute Gasteiger partial charge is 0.341 e. The number of amides is 2. The van der Waals surface area contributed by atoms with Gasteiger partial charge in [-0.05, 0) is 18.2 Å². The number of hydrogen-bond acceptors (Lipinski definition) is 2. The zero-order valence-corrected chi connectivity index (χ0v) is 14.1. The van der Waals surface area contributed by atoms with E-state index in [-0.39, 0.29) is 42.6 Å². The molecule has 4 nitrogen and oxygen atoms in total. The van der Waals surface area contributed by atoms with E-state index in [1.807, 2.05) is 0 Å². The molecule has 1 atom stereocenters. The number of nitrogens with zero attached hydrogens (tertiary/aromatic N) is 2. The van der Waals surface area contributed by atoms with Crippen LogP contribution in [0.2, 0.25) is 0 Å². The fourth-order valence-electron chi connectivity index (χ4n) is 3.07. The van der Waals surface area contributed by atoms with Gasteiger partial charge < -0.3 is 9.80 Å². The van der Waals surface area contributed by atoms with Gasteiger partial charge >= 0.3 is 0 Å². The molecule has 1 heterocycles. The predicted octanol–water partition coefficient (Wildman–Crippen LogP) is 3.12. The molecule has 26 heavy (non-hydrogen) atoms. The summed E-state index contributed by atoms with van der Waals surface area (Å²) < 4.78 is 40.6. The second-order valence-corrected chi connectivity index (χ2v) is 6.29. The van der Waals surface area contributed by atoms with E-state index >= 15 is 0 Å². The predicted molar refractivity (Wildman–Crippen MR) is 89.7 cm³/mol. The Bertz CT molecular complexity index is 856. The van der Waals surface area contributed by atoms with Gasteiger partial charge in [-0.2, -0.15) is 0 Å². The molecule has 7 heteroatoms. The first-order chi connectivity index (χ1) is 12.4. The molecule has 0 N–H and O–H groups in total. The van der Waals surface area contributed by atoms with E-state index in [1.54, 1.807) is 6.07 Å². The molecule has 2 amide bonds. The van der Waals surface area contributed by atoms with Gasteiger partial charge in [0.15, 0.2) is 0 Å². The van der Waals surface area contributed by atoms with Crippen molar-refractivity contribution in [2.24, 2.45) is 5.92 Å². The lowest BCUT2D eigenvalue weighted by Gasteiger charge is -2.22. The minimum Gasteiger partial charge on any atom is -0.341 e. The van der Waals surface area contributed by atoms with E-state index in [0.717, 1.165) is 12.1 Å². The Morgan fingerprint density at radius 1 is 1.15 bits per heavy atom. The highest BCUT2D eigenvalue weighted by Gasteiger charge is 2.37. The van der Waals surface area contributed by atoms with Crippen LogP contribution in [-0.4, -0.2) is 30.3 Å². The monoisotopic (exact) mass is 362 g/mol. The zero-order chi connectivity index (χ0) is 18.8. The summed E-state index contributed by atoms with van der Waals surface area (Å²) in [5, 5.41) is 0. The van der Waals surface area contributed by atoms with Gasteiger partial charge in [0, 0.05) is 38.2 Å². The molecule has 0 aliphatic carbocycles. The van der Waals surface area contributed by atoms with Crippen LogP contribution in [0.15, 0.2) is 42.5 Å². The maximum absolute atomic E-state index is 13.9. The van der Waals surface area contributed by atoms with E-state index in [0.29, 0.717) is 0 Å². The highest BCUT2D eigenvalue weighted by Crippen LogP contribution is 2.28. The molecule has 1 fully saturated rings. The van der Waals surface area contributed by atoms with Crippen molar-refractivity contribution in [2.45, 2.75) is 13.0 Å². The van der Waals surface area contributed by atoms with Gasteiger partial charge in [0.1, 0.15) is 17.5 Å². The molecule has 3 rings (SSSR count). The first-order valence-corrected chi connectivity index (χ1v) is 8.10. The lowest BCUT2D eigenvalue weighted by molar-refractivity contribution is -0.135. The molecule has 1 aliphatic rings. The van der Waals surface area contributed by atoms with Crippen molar-refractivity contribution in [3.8, 4) is 0 Å². The third-order valence-corrected chi connectivity index (χ3v) is 4.42. The fourth-order valence-corrected chi connectivity index (χ4v) is 3.07. The topological polar surface area (TPSA) is 40.6 Å². The van der Waals surface area contributed by atoms with Gasteiger partial charge in [-0.3, -0.25) is 9.59 Å². The van der Waals surface area contributed by atoms with Crippen molar-refractivity contribution in [2.75, 3.05) is 18.5 Å². The molecule has 0 bridgehead atoms. The Morgan fingerprint density at radius 2 is 1.88 bits per heavy atom. The molecule has 2 aromatic carbocycles. The van der Waals surface area contributed by atoms with Crippen molar-refractivity contribution in [1.82, 2.24) is 4.90 Å². The van der Waals surface area contributed by atoms with Crippen LogP contribution in [0.1, 0.15) is 12.0 Å². The number of anilines is 1. The van der Waals surface area contributed by atoms with Crippen LogP contribution in [-0.2, 0) is 16.1 Å². The van der Waals surface area contributed by atoms with Gasteiger partial charge in [-0.15, -0.1) is 0 Å². The number of carbonyl (C=O) groups is 2. The van der Waals surface area contributed by atoms with Crippen LogP contribution in [0.5, 0.6) is 0 Å². The van der Waals surface area contributed by atoms with Gasteiger partial charge in [0.2, 0.25) is 11.8 Å². The maximum atomic E-state index is 13.9. The normalized spacial score (nSPS) is 16.8. The van der Waals surface area contributed by atoms with Crippen molar-refractivity contribution in [1.29, 1.82) is 0 Å². The molecule has 136 valence electrons. The number of benzene rings is 2. The summed E-state index contributed by atoms with van der Waals surface area (Å²) in [6.45, 7) is 0.0180. The van der Waals surface area contributed by atoms with Crippen molar-refractivity contribution < 1.29 is 22.8 Å². The standard InChI is InChI=1S/C19H17F3N2O2/c1-23(10-12-6-7-14(20)9-16(12)22)19(26)13-8-18(25)24(11-13)17-5-3-2-4-15(17)21/h2-7,9,13H,8,10-11H2,1H3. The maximum Gasteiger partial charge on any atom is 0.228 e. The summed E-state index contributed by atoms with van der Waals surface area (Å²) in [4.78, 5) is 27.3. The minimum absolute atomic E-state index is 0.0383. The van der Waals surface area contributed by atoms with Crippen molar-refractivity contribution >= 4 is 17.5 Å². The number of hydrogen-bond donors (Lipinski definition) is 0. The van der Waals surface area contributed by atoms with Gasteiger partial charge in [-0.1, -0.05) is 18.2 Å². The average molecular weight is 362 g/mol. The Kier molecular flexibility index (Phi) is 4.97. The Hall–Kier alpha value is -2.83. The van der Waals surface area contributed by atoms with Crippen LogP contribution >= 0.6 is 0 Å². The Labute approximate surface area is 148 Å². The van der Waals surface area contributed by atoms with Crippen LogP contribution in [0.25, 0.3) is 0 Å². The molecule has 0 saturated carbocycles. The van der Waals surface area contributed by atoms with Gasteiger partial charge in [0.05, 0.1) is 11.6 Å². The molecule has 1 unspecified atom stereocenters. The molecule has 1 aliphatic heterocycles. The smallest absolute Gasteiger partial charge is 0.228 e. The van der Waals surface area contributed by atoms with E-state index < -0.39 is 23.4 Å². The second kappa shape index (κ2) is 7.19. The summed E-state index contributed by atoms with van der Waals surface area (Å²) >= 11 is 0. The molecular weight excluding hydrogens is 345 g/mol.